The van der Waals surface area contributed by atoms with E-state index in [1.165, 1.54) is 9.87 Å². The van der Waals surface area contributed by atoms with Crippen molar-refractivity contribution in [2.45, 2.75) is 25.8 Å². The number of hydrogen-bond acceptors (Lipinski definition) is 4. The number of hydrogen-bond donors (Lipinski definition) is 2. The van der Waals surface area contributed by atoms with Crippen molar-refractivity contribution in [2.24, 2.45) is 0 Å². The molecule has 2 N–H and O–H groups in total. The first kappa shape index (κ1) is 17.3. The van der Waals surface area contributed by atoms with Crippen LogP contribution < -0.4 is 10.0 Å². The molecule has 1 aliphatic rings. The molecule has 1 atom stereocenters. The van der Waals surface area contributed by atoms with Gasteiger partial charge in [-0.15, -0.1) is 0 Å². The molecule has 2 aromatic rings. The molecular formula is C17H24N4O2S. The molecule has 130 valence electrons. The van der Waals surface area contributed by atoms with E-state index in [2.05, 4.69) is 21.1 Å². The summed E-state index contributed by atoms with van der Waals surface area (Å²) in [6, 6.07) is 10.2. The third kappa shape index (κ3) is 4.10. The predicted molar refractivity (Wildman–Crippen MR) is 96.0 cm³/mol. The molecule has 1 aromatic heterocycles. The Kier molecular flexibility index (Phi) is 5.45. The van der Waals surface area contributed by atoms with Crippen molar-refractivity contribution in [2.75, 3.05) is 26.2 Å². The maximum Gasteiger partial charge on any atom is 0.279 e. The van der Waals surface area contributed by atoms with Gasteiger partial charge >= 0.3 is 0 Å². The Labute approximate surface area is 143 Å². The zero-order chi connectivity index (χ0) is 17.0. The largest absolute Gasteiger partial charge is 0.312 e. The summed E-state index contributed by atoms with van der Waals surface area (Å²) in [5.74, 6) is 0. The zero-order valence-electron chi connectivity index (χ0n) is 13.9. The van der Waals surface area contributed by atoms with E-state index in [9.17, 15) is 8.42 Å². The molecular weight excluding hydrogens is 324 g/mol. The second kappa shape index (κ2) is 7.57. The molecule has 6 nitrogen and oxygen atoms in total. The first-order valence-corrected chi connectivity index (χ1v) is 9.81. The lowest BCUT2D eigenvalue weighted by molar-refractivity contribution is 0.306. The van der Waals surface area contributed by atoms with Crippen LogP contribution >= 0.6 is 0 Å². The maximum atomic E-state index is 12.3. The van der Waals surface area contributed by atoms with Gasteiger partial charge in [0.15, 0.2) is 0 Å². The average molecular weight is 348 g/mol. The lowest BCUT2D eigenvalue weighted by atomic mass is 10.1. The monoisotopic (exact) mass is 348 g/mol. The number of nitrogens with zero attached hydrogens (tertiary/aromatic N) is 2. The third-order valence-corrected chi connectivity index (χ3v) is 5.90. The van der Waals surface area contributed by atoms with Gasteiger partial charge in [-0.3, -0.25) is 4.98 Å². The van der Waals surface area contributed by atoms with Crippen LogP contribution in [0.1, 0.15) is 18.9 Å². The number of aromatic nitrogens is 1. The minimum Gasteiger partial charge on any atom is -0.312 e. The minimum atomic E-state index is -3.38. The molecule has 24 heavy (non-hydrogen) atoms. The van der Waals surface area contributed by atoms with Gasteiger partial charge in [0.05, 0.1) is 5.52 Å². The van der Waals surface area contributed by atoms with Gasteiger partial charge in [-0.1, -0.05) is 18.2 Å². The summed E-state index contributed by atoms with van der Waals surface area (Å²) < 4.78 is 28.9. The van der Waals surface area contributed by atoms with Gasteiger partial charge in [-0.05, 0) is 37.5 Å². The number of aryl methyl sites for hydroxylation is 1. The van der Waals surface area contributed by atoms with Crippen LogP contribution in [0.2, 0.25) is 0 Å². The quantitative estimate of drug-likeness (QED) is 0.772. The third-order valence-electron chi connectivity index (χ3n) is 4.32. The summed E-state index contributed by atoms with van der Waals surface area (Å²) in [7, 11) is -3.38. The number of piperazine rings is 1. The Hall–Kier alpha value is -1.54. The molecule has 0 radical (unpaired) electrons. The highest BCUT2D eigenvalue weighted by molar-refractivity contribution is 7.87. The Morgan fingerprint density at radius 1 is 1.33 bits per heavy atom. The van der Waals surface area contributed by atoms with E-state index in [4.69, 9.17) is 0 Å². The Balaban J connectivity index is 1.55. The number of para-hydroxylation sites is 1. The molecule has 7 heteroatoms. The molecule has 0 amide bonds. The number of fused-ring (bicyclic) bond motifs is 1. The number of nitrogens with one attached hydrogen (secondary N) is 2. The predicted octanol–water partition coefficient (Wildman–Crippen LogP) is 1.30. The molecule has 0 saturated carbocycles. The Morgan fingerprint density at radius 3 is 3.00 bits per heavy atom. The summed E-state index contributed by atoms with van der Waals surface area (Å²) in [5, 5.41) is 4.39. The van der Waals surface area contributed by atoms with Crippen LogP contribution in [0.5, 0.6) is 0 Å². The lowest BCUT2D eigenvalue weighted by Gasteiger charge is -2.30. The smallest absolute Gasteiger partial charge is 0.279 e. The Bertz CT molecular complexity index is 789. The van der Waals surface area contributed by atoms with Crippen molar-refractivity contribution in [3.63, 3.8) is 0 Å². The van der Waals surface area contributed by atoms with E-state index in [-0.39, 0.29) is 6.04 Å². The van der Waals surface area contributed by atoms with Crippen molar-refractivity contribution in [3.8, 4) is 0 Å². The van der Waals surface area contributed by atoms with Crippen LogP contribution in [0.25, 0.3) is 10.9 Å². The summed E-state index contributed by atoms with van der Waals surface area (Å²) in [6.07, 6.45) is 3.39. The molecule has 1 unspecified atom stereocenters. The van der Waals surface area contributed by atoms with E-state index in [0.717, 1.165) is 23.7 Å². The van der Waals surface area contributed by atoms with Crippen LogP contribution in [0, 0.1) is 0 Å². The molecule has 0 bridgehead atoms. The fourth-order valence-corrected chi connectivity index (χ4v) is 4.40. The van der Waals surface area contributed by atoms with Crippen molar-refractivity contribution in [1.82, 2.24) is 19.3 Å². The molecule has 1 aromatic carbocycles. The number of benzene rings is 1. The fourth-order valence-electron chi connectivity index (χ4n) is 3.06. The SMILES string of the molecule is CC1CN(S(=O)(=O)NCCCc2ccnc3ccccc23)CCN1. The van der Waals surface area contributed by atoms with E-state index < -0.39 is 10.2 Å². The summed E-state index contributed by atoms with van der Waals surface area (Å²) in [6.45, 7) is 4.18. The van der Waals surface area contributed by atoms with Gasteiger partial charge in [0.1, 0.15) is 0 Å². The second-order valence-electron chi connectivity index (χ2n) is 6.20. The summed E-state index contributed by atoms with van der Waals surface area (Å²) in [5.41, 5.74) is 2.18. The van der Waals surface area contributed by atoms with E-state index in [1.54, 1.807) is 0 Å². The van der Waals surface area contributed by atoms with Crippen LogP contribution in [0.15, 0.2) is 36.5 Å². The van der Waals surface area contributed by atoms with E-state index in [1.807, 2.05) is 37.4 Å². The standard InChI is InChI=1S/C17H24N4O2S/c1-14-13-21(12-11-18-14)24(22,23)20-9-4-5-15-8-10-19-17-7-3-2-6-16(15)17/h2-3,6-8,10,14,18,20H,4-5,9,11-13H2,1H3. The van der Waals surface area contributed by atoms with Gasteiger partial charge in [-0.25, -0.2) is 4.72 Å². The van der Waals surface area contributed by atoms with Crippen LogP contribution in [-0.4, -0.2) is 49.9 Å². The molecule has 0 spiro atoms. The average Bonchev–Trinajstić information content (AvgIpc) is 2.59. The van der Waals surface area contributed by atoms with Crippen molar-refractivity contribution >= 4 is 21.1 Å². The first-order valence-electron chi connectivity index (χ1n) is 8.37. The molecule has 1 aliphatic heterocycles. The van der Waals surface area contributed by atoms with Crippen molar-refractivity contribution in [1.29, 1.82) is 0 Å². The summed E-state index contributed by atoms with van der Waals surface area (Å²) in [4.78, 5) is 4.35. The van der Waals surface area contributed by atoms with E-state index >= 15 is 0 Å². The lowest BCUT2D eigenvalue weighted by Crippen LogP contribution is -2.54. The van der Waals surface area contributed by atoms with Crippen LogP contribution in [0.3, 0.4) is 0 Å². The van der Waals surface area contributed by atoms with Crippen molar-refractivity contribution < 1.29 is 8.42 Å². The Morgan fingerprint density at radius 2 is 2.17 bits per heavy atom. The molecule has 1 fully saturated rings. The molecule has 2 heterocycles. The second-order valence-corrected chi connectivity index (χ2v) is 7.96. The molecule has 0 aliphatic carbocycles. The summed E-state index contributed by atoms with van der Waals surface area (Å²) >= 11 is 0. The fraction of sp³-hybridized carbons (Fsp3) is 0.471. The highest BCUT2D eigenvalue weighted by atomic mass is 32.2. The van der Waals surface area contributed by atoms with Crippen LogP contribution in [0.4, 0.5) is 0 Å². The maximum absolute atomic E-state index is 12.3. The van der Waals surface area contributed by atoms with Gasteiger partial charge in [0.2, 0.25) is 0 Å². The normalized spacial score (nSPS) is 19.6. The van der Waals surface area contributed by atoms with Gasteiger partial charge in [0, 0.05) is 43.8 Å². The van der Waals surface area contributed by atoms with Crippen molar-refractivity contribution in [3.05, 3.63) is 42.1 Å². The van der Waals surface area contributed by atoms with Gasteiger partial charge in [0.25, 0.3) is 10.2 Å². The minimum absolute atomic E-state index is 0.193. The number of rotatable bonds is 6. The zero-order valence-corrected chi connectivity index (χ0v) is 14.7. The number of pyridine rings is 1. The highest BCUT2D eigenvalue weighted by Crippen LogP contribution is 2.17. The topological polar surface area (TPSA) is 74.3 Å². The van der Waals surface area contributed by atoms with Gasteiger partial charge in [-0.2, -0.15) is 12.7 Å². The van der Waals surface area contributed by atoms with Gasteiger partial charge < -0.3 is 5.32 Å². The molecule has 3 rings (SSSR count). The molecule has 1 saturated heterocycles. The van der Waals surface area contributed by atoms with Crippen LogP contribution in [-0.2, 0) is 16.6 Å². The first-order chi connectivity index (χ1) is 11.6. The highest BCUT2D eigenvalue weighted by Gasteiger charge is 2.26. The van der Waals surface area contributed by atoms with E-state index in [0.29, 0.717) is 26.2 Å².